The number of imide groups is 1. The number of furan rings is 1. The number of rotatable bonds is 3. The highest BCUT2D eigenvalue weighted by Gasteiger charge is 2.51. The number of benzene rings is 2. The lowest BCUT2D eigenvalue weighted by Crippen LogP contribution is -2.40. The third kappa shape index (κ3) is 2.76. The lowest BCUT2D eigenvalue weighted by Gasteiger charge is -2.19. The fourth-order valence-electron chi connectivity index (χ4n) is 3.65. The van der Waals surface area contributed by atoms with Crippen LogP contribution < -0.4 is 5.32 Å². The number of halogens is 1. The van der Waals surface area contributed by atoms with E-state index in [1.165, 1.54) is 0 Å². The standard InChI is InChI=1S/C22H16ClN3O3/c1-22(18-11-14-7-3-5-9-17(14)29-18)20(27)26(21(28)25-22)12-15-10-13-6-2-4-8-16(13)24-19(15)23/h2-11H,12H2,1H3,(H,25,28)/t22-/m0/s1. The van der Waals surface area contributed by atoms with Gasteiger partial charge in [-0.2, -0.15) is 0 Å². The zero-order valence-corrected chi connectivity index (χ0v) is 16.2. The maximum atomic E-state index is 13.2. The number of carbonyl (C=O) groups excluding carboxylic acids is 2. The van der Waals surface area contributed by atoms with E-state index < -0.39 is 17.5 Å². The summed E-state index contributed by atoms with van der Waals surface area (Å²) in [6, 6.07) is 18.1. The Bertz CT molecular complexity index is 1270. The molecule has 1 aliphatic heterocycles. The van der Waals surface area contributed by atoms with E-state index in [0.717, 1.165) is 21.2 Å². The van der Waals surface area contributed by atoms with Crippen molar-refractivity contribution >= 4 is 45.4 Å². The Hall–Kier alpha value is -3.38. The summed E-state index contributed by atoms with van der Waals surface area (Å²) in [6.45, 7) is 1.67. The van der Waals surface area contributed by atoms with Gasteiger partial charge in [-0.05, 0) is 31.2 Å². The summed E-state index contributed by atoms with van der Waals surface area (Å²) in [5, 5.41) is 4.78. The fourth-order valence-corrected chi connectivity index (χ4v) is 3.86. The SMILES string of the molecule is C[C@@]1(c2cc3ccccc3o2)NC(=O)N(Cc2cc3ccccc3nc2Cl)C1=O. The molecule has 0 unspecified atom stereocenters. The second-order valence-corrected chi connectivity index (χ2v) is 7.58. The minimum absolute atomic E-state index is 0.0250. The molecule has 0 aliphatic carbocycles. The van der Waals surface area contributed by atoms with Crippen LogP contribution in [0.15, 0.2) is 65.1 Å². The summed E-state index contributed by atoms with van der Waals surface area (Å²) < 4.78 is 5.85. The van der Waals surface area contributed by atoms with Crippen molar-refractivity contribution in [3.05, 3.63) is 77.1 Å². The van der Waals surface area contributed by atoms with Crippen molar-refractivity contribution in [3.63, 3.8) is 0 Å². The van der Waals surface area contributed by atoms with Crippen LogP contribution in [-0.4, -0.2) is 21.8 Å². The second-order valence-electron chi connectivity index (χ2n) is 7.23. The zero-order valence-electron chi connectivity index (χ0n) is 15.5. The Morgan fingerprint density at radius 1 is 1.07 bits per heavy atom. The highest BCUT2D eigenvalue weighted by atomic mass is 35.5. The van der Waals surface area contributed by atoms with Gasteiger partial charge in [0.1, 0.15) is 16.5 Å². The highest BCUT2D eigenvalue weighted by molar-refractivity contribution is 6.30. The molecule has 4 aromatic rings. The van der Waals surface area contributed by atoms with Crippen LogP contribution >= 0.6 is 11.6 Å². The largest absolute Gasteiger partial charge is 0.458 e. The molecule has 0 saturated carbocycles. The average molecular weight is 406 g/mol. The molecule has 1 N–H and O–H groups in total. The topological polar surface area (TPSA) is 75.4 Å². The average Bonchev–Trinajstić information content (AvgIpc) is 3.24. The predicted molar refractivity (Wildman–Crippen MR) is 109 cm³/mol. The minimum atomic E-state index is -1.28. The maximum Gasteiger partial charge on any atom is 0.325 e. The Balaban J connectivity index is 1.50. The van der Waals surface area contributed by atoms with Crippen molar-refractivity contribution in [3.8, 4) is 0 Å². The smallest absolute Gasteiger partial charge is 0.325 e. The molecule has 7 heteroatoms. The molecule has 1 saturated heterocycles. The number of nitrogens with one attached hydrogen (secondary N) is 1. The lowest BCUT2D eigenvalue weighted by molar-refractivity contribution is -0.132. The van der Waals surface area contributed by atoms with Crippen LogP contribution in [0.5, 0.6) is 0 Å². The van der Waals surface area contributed by atoms with Crippen LogP contribution in [0.1, 0.15) is 18.2 Å². The molecule has 1 atom stereocenters. The van der Waals surface area contributed by atoms with Crippen LogP contribution in [0.4, 0.5) is 4.79 Å². The summed E-state index contributed by atoms with van der Waals surface area (Å²) in [4.78, 5) is 31.4. The maximum absolute atomic E-state index is 13.2. The Morgan fingerprint density at radius 3 is 2.59 bits per heavy atom. The van der Waals surface area contributed by atoms with Crippen LogP contribution in [0.2, 0.25) is 5.15 Å². The van der Waals surface area contributed by atoms with Crippen LogP contribution in [0.25, 0.3) is 21.9 Å². The van der Waals surface area contributed by atoms with Gasteiger partial charge < -0.3 is 9.73 Å². The Morgan fingerprint density at radius 2 is 1.79 bits per heavy atom. The molecular formula is C22H16ClN3O3. The molecule has 0 radical (unpaired) electrons. The Labute approximate surface area is 171 Å². The van der Waals surface area contributed by atoms with Crippen molar-refractivity contribution in [2.24, 2.45) is 0 Å². The molecule has 29 heavy (non-hydrogen) atoms. The molecule has 6 nitrogen and oxygen atoms in total. The monoisotopic (exact) mass is 405 g/mol. The van der Waals surface area contributed by atoms with Gasteiger partial charge >= 0.3 is 6.03 Å². The van der Waals surface area contributed by atoms with Gasteiger partial charge in [0.2, 0.25) is 0 Å². The lowest BCUT2D eigenvalue weighted by atomic mass is 9.98. The van der Waals surface area contributed by atoms with E-state index in [1.807, 2.05) is 54.6 Å². The van der Waals surface area contributed by atoms with Gasteiger partial charge in [0, 0.05) is 16.3 Å². The number of nitrogens with zero attached hydrogens (tertiary/aromatic N) is 2. The van der Waals surface area contributed by atoms with Gasteiger partial charge in [-0.25, -0.2) is 9.78 Å². The number of fused-ring (bicyclic) bond motifs is 2. The number of urea groups is 1. The van der Waals surface area contributed by atoms with Gasteiger partial charge in [0.05, 0.1) is 12.1 Å². The molecule has 2 aromatic heterocycles. The van der Waals surface area contributed by atoms with E-state index in [1.54, 1.807) is 13.0 Å². The van der Waals surface area contributed by atoms with Crippen molar-refractivity contribution < 1.29 is 14.0 Å². The van der Waals surface area contributed by atoms with Crippen LogP contribution in [0, 0.1) is 0 Å². The summed E-state index contributed by atoms with van der Waals surface area (Å²) in [7, 11) is 0. The molecule has 144 valence electrons. The van der Waals surface area contributed by atoms with E-state index >= 15 is 0 Å². The van der Waals surface area contributed by atoms with Gasteiger partial charge in [0.25, 0.3) is 5.91 Å². The fraction of sp³-hybridized carbons (Fsp3) is 0.136. The number of para-hydroxylation sites is 2. The third-order valence-electron chi connectivity index (χ3n) is 5.27. The highest BCUT2D eigenvalue weighted by Crippen LogP contribution is 2.34. The number of aromatic nitrogens is 1. The predicted octanol–water partition coefficient (Wildman–Crippen LogP) is 4.60. The first-order chi connectivity index (χ1) is 14.0. The summed E-state index contributed by atoms with van der Waals surface area (Å²) >= 11 is 6.32. The molecule has 3 heterocycles. The molecule has 0 bridgehead atoms. The van der Waals surface area contributed by atoms with Crippen LogP contribution in [-0.2, 0) is 16.9 Å². The molecule has 5 rings (SSSR count). The van der Waals surface area contributed by atoms with E-state index in [2.05, 4.69) is 10.3 Å². The number of hydrogen-bond acceptors (Lipinski definition) is 4. The van der Waals surface area contributed by atoms with Crippen molar-refractivity contribution in [1.29, 1.82) is 0 Å². The van der Waals surface area contributed by atoms with Gasteiger partial charge in [0.15, 0.2) is 5.54 Å². The second kappa shape index (κ2) is 6.32. The first-order valence-corrected chi connectivity index (χ1v) is 9.51. The third-order valence-corrected chi connectivity index (χ3v) is 5.60. The molecule has 1 aliphatic rings. The molecule has 0 spiro atoms. The molecule has 1 fully saturated rings. The normalized spacial score (nSPS) is 19.3. The minimum Gasteiger partial charge on any atom is -0.458 e. The number of pyridine rings is 1. The van der Waals surface area contributed by atoms with Crippen molar-refractivity contribution in [2.45, 2.75) is 19.0 Å². The number of carbonyl (C=O) groups is 2. The van der Waals surface area contributed by atoms with Crippen molar-refractivity contribution in [1.82, 2.24) is 15.2 Å². The molecule has 2 aromatic carbocycles. The summed E-state index contributed by atoms with van der Waals surface area (Å²) in [5.74, 6) is -0.00642. The van der Waals surface area contributed by atoms with Gasteiger partial charge in [-0.1, -0.05) is 48.0 Å². The summed E-state index contributed by atoms with van der Waals surface area (Å²) in [6.07, 6.45) is 0. The zero-order chi connectivity index (χ0) is 20.2. The summed E-state index contributed by atoms with van der Waals surface area (Å²) in [5.41, 5.74) is 0.728. The quantitative estimate of drug-likeness (QED) is 0.399. The van der Waals surface area contributed by atoms with Crippen LogP contribution in [0.3, 0.4) is 0 Å². The number of amides is 3. The first kappa shape index (κ1) is 17.7. The molecule has 3 amide bonds. The van der Waals surface area contributed by atoms with E-state index in [0.29, 0.717) is 16.9 Å². The van der Waals surface area contributed by atoms with E-state index in [-0.39, 0.29) is 11.7 Å². The van der Waals surface area contributed by atoms with E-state index in [4.69, 9.17) is 16.0 Å². The van der Waals surface area contributed by atoms with Crippen molar-refractivity contribution in [2.75, 3.05) is 0 Å². The van der Waals surface area contributed by atoms with E-state index in [9.17, 15) is 9.59 Å². The first-order valence-electron chi connectivity index (χ1n) is 9.13. The van der Waals surface area contributed by atoms with Gasteiger partial charge in [-0.15, -0.1) is 0 Å². The molecular weight excluding hydrogens is 390 g/mol. The Kier molecular flexibility index (Phi) is 3.86. The number of hydrogen-bond donors (Lipinski definition) is 1. The van der Waals surface area contributed by atoms with Gasteiger partial charge in [-0.3, -0.25) is 9.69 Å².